The van der Waals surface area contributed by atoms with E-state index < -0.39 is 5.60 Å². The van der Waals surface area contributed by atoms with Crippen LogP contribution in [0.4, 0.5) is 0 Å². The molecule has 4 nitrogen and oxygen atoms in total. The summed E-state index contributed by atoms with van der Waals surface area (Å²) in [6.45, 7) is 4.05. The topological polar surface area (TPSA) is 44.7 Å². The second kappa shape index (κ2) is 12.5. The van der Waals surface area contributed by atoms with E-state index in [4.69, 9.17) is 4.74 Å². The Morgan fingerprint density at radius 2 is 2.07 bits per heavy atom. The molecule has 1 aromatic heterocycles. The lowest BCUT2D eigenvalue weighted by Gasteiger charge is -2.45. The Balaban J connectivity index is 1.68. The van der Waals surface area contributed by atoms with Crippen LogP contribution >= 0.6 is 11.3 Å². The van der Waals surface area contributed by atoms with Crippen molar-refractivity contribution in [3.05, 3.63) is 22.4 Å². The van der Waals surface area contributed by atoms with Crippen LogP contribution in [0.25, 0.3) is 0 Å². The van der Waals surface area contributed by atoms with Crippen molar-refractivity contribution in [3.63, 3.8) is 0 Å². The Hall–Kier alpha value is -0.460. The van der Waals surface area contributed by atoms with Crippen LogP contribution in [0.5, 0.6) is 0 Å². The zero-order chi connectivity index (χ0) is 21.2. The van der Waals surface area contributed by atoms with Gasteiger partial charge in [-0.05, 0) is 69.5 Å². The number of likely N-dealkylation sites (N-methyl/N-ethyl adjacent to an activating group) is 1. The third-order valence-electron chi connectivity index (χ3n) is 7.52. The van der Waals surface area contributed by atoms with Gasteiger partial charge in [-0.25, -0.2) is 0 Å². The molecule has 1 aliphatic heterocycles. The molecule has 0 radical (unpaired) electrons. The molecule has 0 aromatic carbocycles. The van der Waals surface area contributed by atoms with E-state index in [1.165, 1.54) is 51.5 Å². The van der Waals surface area contributed by atoms with Gasteiger partial charge in [0.2, 0.25) is 0 Å². The summed E-state index contributed by atoms with van der Waals surface area (Å²) in [6.07, 6.45) is 13.6. The number of thiophene rings is 1. The molecular formula is C25H44N2O2S. The van der Waals surface area contributed by atoms with Crippen molar-refractivity contribution < 1.29 is 9.84 Å². The molecule has 2 N–H and O–H groups in total. The maximum atomic E-state index is 12.0. The highest BCUT2D eigenvalue weighted by Gasteiger charge is 2.42. The molecule has 2 heterocycles. The Kier molecular flexibility index (Phi) is 10.1. The van der Waals surface area contributed by atoms with Crippen LogP contribution in [-0.2, 0) is 10.3 Å². The molecule has 3 unspecified atom stereocenters. The normalized spacial score (nSPS) is 24.6. The number of likely N-dealkylation sites (tertiary alicyclic amines) is 1. The van der Waals surface area contributed by atoms with E-state index in [9.17, 15) is 5.11 Å². The van der Waals surface area contributed by atoms with E-state index in [1.54, 1.807) is 18.4 Å². The quantitative estimate of drug-likeness (QED) is 0.452. The molecule has 2 fully saturated rings. The summed E-state index contributed by atoms with van der Waals surface area (Å²) >= 11 is 1.72. The summed E-state index contributed by atoms with van der Waals surface area (Å²) in [6, 6.07) is 4.84. The number of hydrogen-bond acceptors (Lipinski definition) is 5. The summed E-state index contributed by atoms with van der Waals surface area (Å²) in [7, 11) is 3.85. The Labute approximate surface area is 188 Å². The Bertz CT molecular complexity index is 576. The molecule has 1 aliphatic carbocycles. The van der Waals surface area contributed by atoms with Crippen LogP contribution in [0.2, 0.25) is 0 Å². The second-order valence-corrected chi connectivity index (χ2v) is 10.6. The largest absolute Gasteiger partial charge is 0.385 e. The standard InChI is InChI=1S/C25H44N2O2S/c1-26-19-23(18-21-10-4-3-5-11-21)27-15-8-12-22(20-27)25(28,14-6-7-16-29-2)24-13-9-17-30-24/h9,13,17,21-23,26,28H,3-8,10-12,14-16,18-20H2,1-2H3. The van der Waals surface area contributed by atoms with Crippen molar-refractivity contribution >= 4 is 11.3 Å². The number of unbranched alkanes of at least 4 members (excludes halogenated alkanes) is 1. The van der Waals surface area contributed by atoms with Gasteiger partial charge < -0.3 is 15.2 Å². The van der Waals surface area contributed by atoms with Crippen molar-refractivity contribution in [3.8, 4) is 0 Å². The highest BCUT2D eigenvalue weighted by molar-refractivity contribution is 7.10. The molecule has 0 bridgehead atoms. The predicted molar refractivity (Wildman–Crippen MR) is 127 cm³/mol. The van der Waals surface area contributed by atoms with Crippen molar-refractivity contribution in [2.24, 2.45) is 11.8 Å². The van der Waals surface area contributed by atoms with Crippen LogP contribution < -0.4 is 5.32 Å². The van der Waals surface area contributed by atoms with Gasteiger partial charge in [0.15, 0.2) is 0 Å². The van der Waals surface area contributed by atoms with Gasteiger partial charge in [-0.3, -0.25) is 4.90 Å². The molecule has 1 saturated heterocycles. The summed E-state index contributed by atoms with van der Waals surface area (Å²) in [4.78, 5) is 3.87. The number of methoxy groups -OCH3 is 1. The molecular weight excluding hydrogens is 392 g/mol. The van der Waals surface area contributed by atoms with E-state index in [0.717, 1.165) is 56.2 Å². The van der Waals surface area contributed by atoms with E-state index in [0.29, 0.717) is 12.0 Å². The number of rotatable bonds is 12. The van der Waals surface area contributed by atoms with E-state index in [-0.39, 0.29) is 0 Å². The number of piperidine rings is 1. The summed E-state index contributed by atoms with van der Waals surface area (Å²) in [5.74, 6) is 1.21. The first-order valence-electron chi connectivity index (χ1n) is 12.3. The summed E-state index contributed by atoms with van der Waals surface area (Å²) < 4.78 is 5.25. The minimum Gasteiger partial charge on any atom is -0.385 e. The highest BCUT2D eigenvalue weighted by atomic mass is 32.1. The van der Waals surface area contributed by atoms with Crippen LogP contribution in [0.3, 0.4) is 0 Å². The molecule has 3 atom stereocenters. The average Bonchev–Trinajstić information content (AvgIpc) is 3.33. The van der Waals surface area contributed by atoms with Crippen LogP contribution in [0.15, 0.2) is 17.5 Å². The third-order valence-corrected chi connectivity index (χ3v) is 8.56. The Morgan fingerprint density at radius 1 is 1.23 bits per heavy atom. The lowest BCUT2D eigenvalue weighted by Crippen LogP contribution is -2.52. The first kappa shape index (κ1) is 24.2. The van der Waals surface area contributed by atoms with Gasteiger partial charge in [-0.15, -0.1) is 11.3 Å². The van der Waals surface area contributed by atoms with Crippen molar-refractivity contribution in [1.82, 2.24) is 10.2 Å². The second-order valence-electron chi connectivity index (χ2n) is 9.64. The van der Waals surface area contributed by atoms with Crippen LogP contribution in [0, 0.1) is 11.8 Å². The fourth-order valence-corrected chi connectivity index (χ4v) is 6.76. The number of nitrogens with one attached hydrogen (secondary N) is 1. The van der Waals surface area contributed by atoms with Gasteiger partial charge in [0.1, 0.15) is 5.60 Å². The van der Waals surface area contributed by atoms with Gasteiger partial charge in [0.05, 0.1) is 0 Å². The molecule has 2 aliphatic rings. The highest BCUT2D eigenvalue weighted by Crippen LogP contribution is 2.42. The van der Waals surface area contributed by atoms with E-state index in [2.05, 4.69) is 34.8 Å². The molecule has 172 valence electrons. The molecule has 30 heavy (non-hydrogen) atoms. The fraction of sp³-hybridized carbons (Fsp3) is 0.840. The molecule has 0 spiro atoms. The first-order valence-corrected chi connectivity index (χ1v) is 13.2. The third kappa shape index (κ3) is 6.52. The van der Waals surface area contributed by atoms with E-state index in [1.807, 2.05) is 0 Å². The zero-order valence-electron chi connectivity index (χ0n) is 19.3. The predicted octanol–water partition coefficient (Wildman–Crippen LogP) is 5.02. The smallest absolute Gasteiger partial charge is 0.103 e. The summed E-state index contributed by atoms with van der Waals surface area (Å²) in [5, 5.41) is 17.6. The molecule has 1 aromatic rings. The van der Waals surface area contributed by atoms with Gasteiger partial charge in [0, 0.05) is 43.6 Å². The summed E-state index contributed by atoms with van der Waals surface area (Å²) in [5.41, 5.74) is -0.699. The van der Waals surface area contributed by atoms with Crippen molar-refractivity contribution in [1.29, 1.82) is 0 Å². The van der Waals surface area contributed by atoms with Gasteiger partial charge in [0.25, 0.3) is 0 Å². The lowest BCUT2D eigenvalue weighted by molar-refractivity contribution is -0.0664. The fourth-order valence-electron chi connectivity index (χ4n) is 5.83. The van der Waals surface area contributed by atoms with Crippen LogP contribution in [0.1, 0.15) is 75.5 Å². The maximum Gasteiger partial charge on any atom is 0.103 e. The lowest BCUT2D eigenvalue weighted by atomic mass is 9.76. The molecule has 0 amide bonds. The number of aliphatic hydroxyl groups is 1. The van der Waals surface area contributed by atoms with Gasteiger partial charge in [-0.2, -0.15) is 0 Å². The minimum absolute atomic E-state index is 0.318. The van der Waals surface area contributed by atoms with Crippen LogP contribution in [-0.4, -0.2) is 56.4 Å². The van der Waals surface area contributed by atoms with Gasteiger partial charge >= 0.3 is 0 Å². The van der Waals surface area contributed by atoms with Gasteiger partial charge in [-0.1, -0.05) is 38.2 Å². The first-order chi connectivity index (χ1) is 14.7. The number of hydrogen-bond donors (Lipinski definition) is 2. The number of nitrogens with zero attached hydrogens (tertiary/aromatic N) is 1. The average molecular weight is 437 g/mol. The monoisotopic (exact) mass is 436 g/mol. The number of ether oxygens (including phenoxy) is 1. The van der Waals surface area contributed by atoms with E-state index >= 15 is 0 Å². The van der Waals surface area contributed by atoms with Crippen molar-refractivity contribution in [2.75, 3.05) is 40.4 Å². The SMILES string of the molecule is CNCC(CC1CCCCC1)N1CCCC(C(O)(CCCCOC)c2cccs2)C1. The molecule has 5 heteroatoms. The molecule has 3 rings (SSSR count). The molecule has 1 saturated carbocycles. The minimum atomic E-state index is -0.699. The maximum absolute atomic E-state index is 12.0. The Morgan fingerprint density at radius 3 is 2.77 bits per heavy atom. The zero-order valence-corrected chi connectivity index (χ0v) is 20.1. The van der Waals surface area contributed by atoms with Crippen molar-refractivity contribution in [2.45, 2.75) is 82.3 Å².